The van der Waals surface area contributed by atoms with E-state index in [2.05, 4.69) is 21.0 Å². The maximum absolute atomic E-state index is 12.8. The van der Waals surface area contributed by atoms with Gasteiger partial charge in [-0.15, -0.1) is 0 Å². The van der Waals surface area contributed by atoms with E-state index in [4.69, 9.17) is 0 Å². The summed E-state index contributed by atoms with van der Waals surface area (Å²) in [7, 11) is -3.66. The fourth-order valence-corrected chi connectivity index (χ4v) is 6.69. The molecule has 158 valence electrons. The number of rotatable bonds is 5. The number of piperidine rings is 1. The number of urea groups is 1. The van der Waals surface area contributed by atoms with Crippen LogP contribution in [0.4, 0.5) is 10.5 Å². The van der Waals surface area contributed by atoms with Crippen LogP contribution in [0.3, 0.4) is 0 Å². The largest absolute Gasteiger partial charge is 0.332 e. The first-order valence-corrected chi connectivity index (χ1v) is 12.8. The lowest BCUT2D eigenvalue weighted by Crippen LogP contribution is -2.46. The summed E-state index contributed by atoms with van der Waals surface area (Å²) in [6.07, 6.45) is 10.1. The van der Waals surface area contributed by atoms with Gasteiger partial charge in [0.15, 0.2) is 0 Å². The average molecular weight is 418 g/mol. The second kappa shape index (κ2) is 7.58. The maximum atomic E-state index is 12.8. The smallest absolute Gasteiger partial charge is 0.307 e. The van der Waals surface area contributed by atoms with Crippen LogP contribution in [0.2, 0.25) is 0 Å². The Bertz CT molecular complexity index is 883. The van der Waals surface area contributed by atoms with Gasteiger partial charge in [0.2, 0.25) is 10.0 Å². The molecule has 0 unspecified atom stereocenters. The molecule has 1 saturated carbocycles. The zero-order valence-corrected chi connectivity index (χ0v) is 17.8. The first kappa shape index (κ1) is 19.4. The summed E-state index contributed by atoms with van der Waals surface area (Å²) in [6, 6.07) is 1.71. The van der Waals surface area contributed by atoms with Crippen LogP contribution in [0.25, 0.3) is 0 Å². The van der Waals surface area contributed by atoms with E-state index < -0.39 is 21.3 Å². The molecule has 2 N–H and O–H groups in total. The van der Waals surface area contributed by atoms with Gasteiger partial charge in [0.05, 0.1) is 5.25 Å². The molecule has 5 rings (SSSR count). The van der Waals surface area contributed by atoms with Crippen molar-refractivity contribution in [2.45, 2.75) is 69.5 Å². The predicted molar refractivity (Wildman–Crippen MR) is 114 cm³/mol. The van der Waals surface area contributed by atoms with Crippen LogP contribution in [-0.4, -0.2) is 44.2 Å². The zero-order valence-electron chi connectivity index (χ0n) is 17.0. The van der Waals surface area contributed by atoms with Gasteiger partial charge >= 0.3 is 6.03 Å². The van der Waals surface area contributed by atoms with Gasteiger partial charge in [0.25, 0.3) is 0 Å². The van der Waals surface area contributed by atoms with Crippen LogP contribution in [-0.2, 0) is 35.7 Å². The molecule has 4 aliphatic rings. The standard InChI is InChI=1S/C22H31N3O3S/c26-22(23-21-19-5-1-3-16(19)13-17-4-2-6-20(17)21)24-29(27,28)18-9-11-25(12-10-18)14-15-7-8-15/h13,15,18H,1-12,14H2,(H2,23,24,26). The Morgan fingerprint density at radius 1 is 0.966 bits per heavy atom. The van der Waals surface area contributed by atoms with E-state index in [1.54, 1.807) is 0 Å². The van der Waals surface area contributed by atoms with Crippen molar-refractivity contribution in [3.05, 3.63) is 28.3 Å². The first-order valence-electron chi connectivity index (χ1n) is 11.2. The number of hydrogen-bond acceptors (Lipinski definition) is 4. The summed E-state index contributed by atoms with van der Waals surface area (Å²) in [4.78, 5) is 15.1. The fraction of sp³-hybridized carbons (Fsp3) is 0.682. The number of aryl methyl sites for hydroxylation is 2. The minimum Gasteiger partial charge on any atom is -0.307 e. The molecule has 1 heterocycles. The normalized spacial score (nSPS) is 22.3. The summed E-state index contributed by atoms with van der Waals surface area (Å²) in [6.45, 7) is 2.72. The zero-order chi connectivity index (χ0) is 20.0. The summed E-state index contributed by atoms with van der Waals surface area (Å²) >= 11 is 0. The van der Waals surface area contributed by atoms with Gasteiger partial charge in [-0.2, -0.15) is 0 Å². The minimum atomic E-state index is -3.66. The summed E-state index contributed by atoms with van der Waals surface area (Å²) in [5.41, 5.74) is 5.97. The number of nitrogens with zero attached hydrogens (tertiary/aromatic N) is 1. The molecule has 2 amide bonds. The molecule has 29 heavy (non-hydrogen) atoms. The lowest BCUT2D eigenvalue weighted by Gasteiger charge is -2.31. The molecular formula is C22H31N3O3S. The number of amides is 2. The highest BCUT2D eigenvalue weighted by molar-refractivity contribution is 7.90. The molecule has 1 saturated heterocycles. The summed E-state index contributed by atoms with van der Waals surface area (Å²) in [5.74, 6) is 0.821. The van der Waals surface area contributed by atoms with Gasteiger partial charge in [-0.3, -0.25) is 0 Å². The monoisotopic (exact) mass is 417 g/mol. The van der Waals surface area contributed by atoms with Gasteiger partial charge in [-0.25, -0.2) is 17.9 Å². The van der Waals surface area contributed by atoms with E-state index in [1.165, 1.54) is 35.1 Å². The van der Waals surface area contributed by atoms with Crippen molar-refractivity contribution >= 4 is 21.7 Å². The third kappa shape index (κ3) is 4.04. The molecule has 0 aromatic heterocycles. The molecule has 0 bridgehead atoms. The van der Waals surface area contributed by atoms with Gasteiger partial charge in [-0.1, -0.05) is 6.07 Å². The van der Waals surface area contributed by atoms with Crippen LogP contribution in [0.15, 0.2) is 6.07 Å². The quantitative estimate of drug-likeness (QED) is 0.772. The fourth-order valence-electron chi connectivity index (χ4n) is 5.39. The third-order valence-electron chi connectivity index (χ3n) is 7.13. The molecule has 0 atom stereocenters. The Morgan fingerprint density at radius 2 is 1.59 bits per heavy atom. The Balaban J connectivity index is 1.24. The number of hydrogen-bond donors (Lipinski definition) is 2. The van der Waals surface area contributed by atoms with E-state index in [9.17, 15) is 13.2 Å². The molecule has 7 heteroatoms. The number of sulfonamides is 1. The third-order valence-corrected chi connectivity index (χ3v) is 8.95. The number of likely N-dealkylation sites (tertiary alicyclic amines) is 1. The van der Waals surface area contributed by atoms with Crippen LogP contribution in [0, 0.1) is 5.92 Å². The van der Waals surface area contributed by atoms with Gasteiger partial charge < -0.3 is 10.2 Å². The van der Waals surface area contributed by atoms with Crippen molar-refractivity contribution < 1.29 is 13.2 Å². The molecule has 2 fully saturated rings. The first-order chi connectivity index (χ1) is 14.0. The van der Waals surface area contributed by atoms with Crippen molar-refractivity contribution in [3.8, 4) is 0 Å². The van der Waals surface area contributed by atoms with E-state index in [0.717, 1.165) is 69.8 Å². The number of anilines is 1. The van der Waals surface area contributed by atoms with Crippen LogP contribution in [0.1, 0.15) is 60.8 Å². The van der Waals surface area contributed by atoms with E-state index >= 15 is 0 Å². The molecular weight excluding hydrogens is 386 g/mol. The summed E-state index contributed by atoms with van der Waals surface area (Å²) in [5, 5.41) is 2.47. The number of nitrogens with one attached hydrogen (secondary N) is 2. The second-order valence-corrected chi connectivity index (χ2v) is 11.2. The Hall–Kier alpha value is -1.60. The van der Waals surface area contributed by atoms with E-state index in [1.807, 2.05) is 0 Å². The SMILES string of the molecule is O=C(Nc1c2c(cc3c1CCC3)CCC2)NS(=O)(=O)C1CCN(CC2CC2)CC1. The van der Waals surface area contributed by atoms with Crippen LogP contribution in [0.5, 0.6) is 0 Å². The summed E-state index contributed by atoms with van der Waals surface area (Å²) < 4.78 is 27.9. The Labute approximate surface area is 173 Å². The topological polar surface area (TPSA) is 78.5 Å². The van der Waals surface area contributed by atoms with Gasteiger partial charge in [0.1, 0.15) is 0 Å². The maximum Gasteiger partial charge on any atom is 0.332 e. The predicted octanol–water partition coefficient (Wildman–Crippen LogP) is 2.99. The highest BCUT2D eigenvalue weighted by Crippen LogP contribution is 2.38. The Kier molecular flexibility index (Phi) is 5.06. The molecule has 0 spiro atoms. The van der Waals surface area contributed by atoms with Crippen molar-refractivity contribution in [1.82, 2.24) is 9.62 Å². The van der Waals surface area contributed by atoms with Crippen molar-refractivity contribution in [2.75, 3.05) is 25.0 Å². The highest BCUT2D eigenvalue weighted by atomic mass is 32.2. The van der Waals surface area contributed by atoms with Crippen LogP contribution < -0.4 is 10.0 Å². The minimum absolute atomic E-state index is 0.476. The second-order valence-electron chi connectivity index (χ2n) is 9.28. The lowest BCUT2D eigenvalue weighted by molar-refractivity contribution is 0.221. The lowest BCUT2D eigenvalue weighted by atomic mass is 9.99. The molecule has 3 aliphatic carbocycles. The molecule has 1 aliphatic heterocycles. The average Bonchev–Trinajstić information content (AvgIpc) is 3.16. The molecule has 1 aromatic rings. The number of benzene rings is 1. The van der Waals surface area contributed by atoms with Crippen molar-refractivity contribution in [2.24, 2.45) is 5.92 Å². The van der Waals surface area contributed by atoms with Crippen molar-refractivity contribution in [3.63, 3.8) is 0 Å². The molecule has 0 radical (unpaired) electrons. The van der Waals surface area contributed by atoms with Gasteiger partial charge in [-0.05, 0) is 105 Å². The van der Waals surface area contributed by atoms with E-state index in [-0.39, 0.29) is 0 Å². The van der Waals surface area contributed by atoms with Crippen molar-refractivity contribution in [1.29, 1.82) is 0 Å². The van der Waals surface area contributed by atoms with E-state index in [0.29, 0.717) is 12.8 Å². The number of carbonyl (C=O) groups excluding carboxylic acids is 1. The molecule has 1 aromatic carbocycles. The highest BCUT2D eigenvalue weighted by Gasteiger charge is 2.34. The van der Waals surface area contributed by atoms with Crippen LogP contribution >= 0.6 is 0 Å². The molecule has 6 nitrogen and oxygen atoms in total. The van der Waals surface area contributed by atoms with Gasteiger partial charge in [0, 0.05) is 12.2 Å². The number of carbonyl (C=O) groups is 1. The Morgan fingerprint density at radius 3 is 2.17 bits per heavy atom. The number of fused-ring (bicyclic) bond motifs is 2.